The van der Waals surface area contributed by atoms with E-state index < -0.39 is 0 Å². The van der Waals surface area contributed by atoms with Crippen LogP contribution in [-0.4, -0.2) is 40.4 Å². The fraction of sp³-hybridized carbons (Fsp3) is 0. The Morgan fingerprint density at radius 1 is 1.00 bits per heavy atom. The zero-order chi connectivity index (χ0) is 0. The predicted octanol–water partition coefficient (Wildman–Crippen LogP) is -2.11. The van der Waals surface area contributed by atoms with E-state index in [4.69, 9.17) is 0 Å². The summed E-state index contributed by atoms with van der Waals surface area (Å²) >= 11 is 0. The van der Waals surface area contributed by atoms with Gasteiger partial charge in [0.15, 0.2) is 17.4 Å². The minimum absolute atomic E-state index is 0. The van der Waals surface area contributed by atoms with Crippen LogP contribution in [0.4, 0.5) is 0 Å². The summed E-state index contributed by atoms with van der Waals surface area (Å²) < 4.78 is 0. The molecule has 0 saturated carbocycles. The van der Waals surface area contributed by atoms with Gasteiger partial charge in [-0.1, -0.05) is 0 Å². The molecule has 4 heavy (non-hydrogen) atoms. The third-order valence-corrected chi connectivity index (χ3v) is 0. The van der Waals surface area contributed by atoms with E-state index in [-0.39, 0.29) is 82.3 Å². The van der Waals surface area contributed by atoms with Crippen molar-refractivity contribution in [3.05, 3.63) is 0 Å². The summed E-state index contributed by atoms with van der Waals surface area (Å²) in [5.41, 5.74) is 0. The molecule has 0 aromatic carbocycles. The van der Waals surface area contributed by atoms with Crippen LogP contribution in [0.15, 0.2) is 0 Å². The Hall–Kier alpha value is 2.66. The Balaban J connectivity index is 0. The predicted molar refractivity (Wildman–Crippen MR) is 18.5 cm³/mol. The zero-order valence-electron chi connectivity index (χ0n) is 1.01. The maximum Gasteiger partial charge on any atom is 0.316 e. The van der Waals surface area contributed by atoms with Gasteiger partial charge in [0.05, 0.1) is 0 Å². The summed E-state index contributed by atoms with van der Waals surface area (Å²) in [6.45, 7) is 0. The molecule has 0 saturated heterocycles. The fourth-order valence-corrected chi connectivity index (χ4v) is 0. The molecule has 0 rings (SSSR count). The molecule has 0 bridgehead atoms. The van der Waals surface area contributed by atoms with Gasteiger partial charge in [-0.2, -0.15) is 0 Å². The van der Waals surface area contributed by atoms with Gasteiger partial charge in [-0.3, -0.25) is 0 Å². The van der Waals surface area contributed by atoms with Crippen molar-refractivity contribution in [1.82, 2.24) is 0 Å². The molecule has 0 heterocycles. The number of hydrogen-bond acceptors (Lipinski definition) is 0. The van der Waals surface area contributed by atoms with Gasteiger partial charge in [-0.05, 0) is 0 Å². The molecule has 0 spiro atoms. The maximum absolute atomic E-state index is 0. The molecule has 4 heteroatoms. The molecule has 0 nitrogen and oxygen atoms in total. The second-order valence-electron chi connectivity index (χ2n) is 0. The molecule has 0 aliphatic carbocycles. The first-order valence-electron chi connectivity index (χ1n) is 0. The van der Waals surface area contributed by atoms with E-state index in [0.29, 0.717) is 0 Å². The van der Waals surface area contributed by atoms with Crippen LogP contribution in [0.25, 0.3) is 0 Å². The standard InChI is InChI=1S/Al.Au.Mg.Zn.5H. The van der Waals surface area contributed by atoms with Crippen molar-refractivity contribution in [1.29, 1.82) is 0 Å². The summed E-state index contributed by atoms with van der Waals surface area (Å²) in [7, 11) is 0. The third kappa shape index (κ3) is 8.82. The Bertz CT molecular complexity index is 8.00. The average Bonchev–Trinajstić information content (AvgIpc) is 0. The quantitative estimate of drug-likeness (QED) is 0.449. The summed E-state index contributed by atoms with van der Waals surface area (Å²) in [6, 6.07) is 0. The molecule has 0 atom stereocenters. The Labute approximate surface area is 81.0 Å². The molecule has 0 aromatic heterocycles. The van der Waals surface area contributed by atoms with Crippen molar-refractivity contribution < 1.29 is 41.9 Å². The van der Waals surface area contributed by atoms with E-state index >= 15 is 0 Å². The second-order valence-corrected chi connectivity index (χ2v) is 0. The first-order chi connectivity index (χ1) is 0. The summed E-state index contributed by atoms with van der Waals surface area (Å²) in [4.78, 5) is 0. The van der Waals surface area contributed by atoms with Crippen LogP contribution < -0.4 is 0 Å². The summed E-state index contributed by atoms with van der Waals surface area (Å²) in [5.74, 6) is 0. The van der Waals surface area contributed by atoms with E-state index in [2.05, 4.69) is 0 Å². The van der Waals surface area contributed by atoms with E-state index in [0.717, 1.165) is 0 Å². The topological polar surface area (TPSA) is 0 Å². The molecule has 23 valence electrons. The van der Waals surface area contributed by atoms with Crippen LogP contribution in [0.3, 0.4) is 0 Å². The van der Waals surface area contributed by atoms with E-state index in [1.54, 1.807) is 0 Å². The molecule has 0 aliphatic heterocycles. The van der Waals surface area contributed by atoms with E-state index in [1.807, 2.05) is 0 Å². The Morgan fingerprint density at radius 3 is 1.00 bits per heavy atom. The summed E-state index contributed by atoms with van der Waals surface area (Å²) in [6.07, 6.45) is 0. The molecular formula is H5AlAuMgZn. The first-order valence-corrected chi connectivity index (χ1v) is 0. The molecule has 0 unspecified atom stereocenters. The van der Waals surface area contributed by atoms with Crippen LogP contribution in [-0.2, 0) is 41.9 Å². The Kier molecular flexibility index (Phi) is 131. The zero-order valence-corrected chi connectivity index (χ0v) is 6.14. The number of rotatable bonds is 0. The van der Waals surface area contributed by atoms with Crippen molar-refractivity contribution >= 4 is 40.4 Å². The SMILES string of the molecule is [AlH3].[Au].[MgH2].[Zn]. The average molecular weight is 319 g/mol. The molecule has 0 N–H and O–H groups in total. The fourth-order valence-electron chi connectivity index (χ4n) is 0. The van der Waals surface area contributed by atoms with Crippen LogP contribution >= 0.6 is 0 Å². The molecule has 0 aliphatic rings. The van der Waals surface area contributed by atoms with Gasteiger partial charge in [0.1, 0.15) is 0 Å². The summed E-state index contributed by atoms with van der Waals surface area (Å²) in [5, 5.41) is 0. The Morgan fingerprint density at radius 2 is 1.00 bits per heavy atom. The van der Waals surface area contributed by atoms with Crippen molar-refractivity contribution in [2.75, 3.05) is 0 Å². The van der Waals surface area contributed by atoms with Crippen molar-refractivity contribution in [2.45, 2.75) is 0 Å². The first kappa shape index (κ1) is 30.1. The molecule has 0 fully saturated rings. The van der Waals surface area contributed by atoms with E-state index in [1.165, 1.54) is 0 Å². The van der Waals surface area contributed by atoms with Gasteiger partial charge in [0.25, 0.3) is 0 Å². The minimum atomic E-state index is 0. The molecule has 0 amide bonds. The minimum Gasteiger partial charge on any atom is 0 e. The van der Waals surface area contributed by atoms with Crippen LogP contribution in [0, 0.1) is 0 Å². The normalized spacial score (nSPS) is 0. The third-order valence-electron chi connectivity index (χ3n) is 0. The van der Waals surface area contributed by atoms with Gasteiger partial charge < -0.3 is 0 Å². The van der Waals surface area contributed by atoms with Crippen molar-refractivity contribution in [2.24, 2.45) is 0 Å². The van der Waals surface area contributed by atoms with Crippen LogP contribution in [0.2, 0.25) is 0 Å². The van der Waals surface area contributed by atoms with Crippen LogP contribution in [0.1, 0.15) is 0 Å². The van der Waals surface area contributed by atoms with Crippen LogP contribution in [0.5, 0.6) is 0 Å². The maximum atomic E-state index is 0. The largest absolute Gasteiger partial charge is 0.316 e. The van der Waals surface area contributed by atoms with Gasteiger partial charge in [0, 0.05) is 41.9 Å². The van der Waals surface area contributed by atoms with Gasteiger partial charge in [0.2, 0.25) is 0 Å². The smallest absolute Gasteiger partial charge is 0 e. The van der Waals surface area contributed by atoms with Gasteiger partial charge >= 0.3 is 23.1 Å². The molecule has 0 aromatic rings. The van der Waals surface area contributed by atoms with Crippen molar-refractivity contribution in [3.8, 4) is 0 Å². The monoisotopic (exact) mass is 317 g/mol. The van der Waals surface area contributed by atoms with Gasteiger partial charge in [-0.25, -0.2) is 0 Å². The van der Waals surface area contributed by atoms with E-state index in [9.17, 15) is 0 Å². The van der Waals surface area contributed by atoms with Crippen molar-refractivity contribution in [3.63, 3.8) is 0 Å². The van der Waals surface area contributed by atoms with Gasteiger partial charge in [-0.15, -0.1) is 0 Å². The molecular weight excluding hydrogens is 314 g/mol. The number of hydrogen-bond donors (Lipinski definition) is 0. The second kappa shape index (κ2) is 17.4. The molecule has 1 radical (unpaired) electrons.